The monoisotopic (exact) mass is 540 g/mol. The van der Waals surface area contributed by atoms with Crippen molar-refractivity contribution in [2.24, 2.45) is 17.8 Å². The van der Waals surface area contributed by atoms with Crippen LogP contribution < -0.4 is 5.48 Å². The molecule has 2 atom stereocenters. The highest BCUT2D eigenvalue weighted by Crippen LogP contribution is 2.37. The van der Waals surface area contributed by atoms with Crippen LogP contribution in [0, 0.1) is 17.8 Å². The smallest absolute Gasteiger partial charge is 0.327 e. The van der Waals surface area contributed by atoms with Crippen LogP contribution in [-0.4, -0.2) is 70.7 Å². The molecule has 9 heteroatoms. The summed E-state index contributed by atoms with van der Waals surface area (Å²) in [4.78, 5) is 64.3. The number of likely N-dealkylation sites (N-methyl/N-ethyl adjacent to an activating group) is 1. The van der Waals surface area contributed by atoms with Gasteiger partial charge in [0.1, 0.15) is 5.54 Å². The summed E-state index contributed by atoms with van der Waals surface area (Å²) in [5.74, 6) is -2.06. The van der Waals surface area contributed by atoms with E-state index in [9.17, 15) is 19.2 Å². The van der Waals surface area contributed by atoms with Crippen LogP contribution in [0.1, 0.15) is 77.2 Å². The van der Waals surface area contributed by atoms with Gasteiger partial charge in [-0.1, -0.05) is 68.9 Å². The minimum absolute atomic E-state index is 0.0429. The summed E-state index contributed by atoms with van der Waals surface area (Å²) < 4.78 is 0. The lowest BCUT2D eigenvalue weighted by molar-refractivity contribution is -0.150. The average Bonchev–Trinajstić information content (AvgIpc) is 3.01. The molecule has 2 heterocycles. The Bertz CT molecular complexity index is 1020. The standard InChI is InChI=1S/C30H44N4O5/c1-30(2)28(37)34(29(38)32(30)3)20-25(26(35)31-39-21-23-13-8-7-9-14-23)24(19-22-15-12-16-22)27(36)33-17-10-5-4-6-11-18-33/h7-9,13-14,22,24-25H,4-6,10-12,15-21H2,1-3H3,(H,31,35)/t24-,25?/m1/s1. The van der Waals surface area contributed by atoms with E-state index >= 15 is 0 Å². The summed E-state index contributed by atoms with van der Waals surface area (Å²) in [5, 5.41) is 0. The van der Waals surface area contributed by atoms with Gasteiger partial charge in [-0.2, -0.15) is 0 Å². The van der Waals surface area contributed by atoms with Gasteiger partial charge in [0, 0.05) is 26.7 Å². The van der Waals surface area contributed by atoms with Crippen LogP contribution in [0.2, 0.25) is 0 Å². The maximum Gasteiger partial charge on any atom is 0.327 e. The van der Waals surface area contributed by atoms with Crippen molar-refractivity contribution in [3.8, 4) is 0 Å². The predicted octanol–water partition coefficient (Wildman–Crippen LogP) is 4.12. The van der Waals surface area contributed by atoms with Crippen LogP contribution in [-0.2, 0) is 25.8 Å². The van der Waals surface area contributed by atoms with E-state index in [0.29, 0.717) is 25.4 Å². The molecule has 2 aliphatic heterocycles. The topological polar surface area (TPSA) is 99.3 Å². The second-order valence-electron chi connectivity index (χ2n) is 11.9. The van der Waals surface area contributed by atoms with Crippen molar-refractivity contribution in [1.29, 1.82) is 0 Å². The normalized spacial score (nSPS) is 21.7. The highest BCUT2D eigenvalue weighted by Gasteiger charge is 2.51. The van der Waals surface area contributed by atoms with E-state index in [1.807, 2.05) is 35.2 Å². The van der Waals surface area contributed by atoms with Gasteiger partial charge in [0.2, 0.25) is 11.8 Å². The highest BCUT2D eigenvalue weighted by molar-refractivity contribution is 6.06. The summed E-state index contributed by atoms with van der Waals surface area (Å²) in [6.07, 6.45) is 9.00. The molecule has 9 nitrogen and oxygen atoms in total. The third kappa shape index (κ3) is 6.80. The zero-order valence-corrected chi connectivity index (χ0v) is 23.7. The van der Waals surface area contributed by atoms with Crippen LogP contribution in [0.25, 0.3) is 0 Å². The number of nitrogens with one attached hydrogen (secondary N) is 1. The molecule has 3 aliphatic rings. The number of hydrogen-bond acceptors (Lipinski definition) is 5. The van der Waals surface area contributed by atoms with Gasteiger partial charge in [-0.3, -0.25) is 24.1 Å². The number of amides is 5. The Morgan fingerprint density at radius 1 is 0.974 bits per heavy atom. The number of hydroxylamine groups is 1. The Hall–Kier alpha value is -2.94. The van der Waals surface area contributed by atoms with Gasteiger partial charge in [-0.15, -0.1) is 0 Å². The molecule has 1 aromatic rings. The van der Waals surface area contributed by atoms with E-state index in [4.69, 9.17) is 4.84 Å². The number of rotatable bonds is 10. The lowest BCUT2D eigenvalue weighted by Gasteiger charge is -2.37. The first-order valence-corrected chi connectivity index (χ1v) is 14.5. The second-order valence-corrected chi connectivity index (χ2v) is 11.9. The number of urea groups is 1. The van der Waals surface area contributed by atoms with E-state index in [-0.39, 0.29) is 25.0 Å². The van der Waals surface area contributed by atoms with Gasteiger partial charge in [-0.25, -0.2) is 10.3 Å². The number of likely N-dealkylation sites (tertiary alicyclic amines) is 1. The Morgan fingerprint density at radius 3 is 2.18 bits per heavy atom. The van der Waals surface area contributed by atoms with E-state index in [1.165, 1.54) is 11.3 Å². The maximum atomic E-state index is 14.1. The molecule has 214 valence electrons. The highest BCUT2D eigenvalue weighted by atomic mass is 16.6. The molecule has 0 aromatic heterocycles. The second kappa shape index (κ2) is 12.9. The van der Waals surface area contributed by atoms with E-state index in [2.05, 4.69) is 5.48 Å². The number of hydrogen-bond donors (Lipinski definition) is 1. The van der Waals surface area contributed by atoms with Crippen LogP contribution in [0.5, 0.6) is 0 Å². The number of carbonyl (C=O) groups is 4. The van der Waals surface area contributed by atoms with Gasteiger partial charge >= 0.3 is 6.03 Å². The summed E-state index contributed by atoms with van der Waals surface area (Å²) in [5.41, 5.74) is 2.44. The fraction of sp³-hybridized carbons (Fsp3) is 0.667. The molecule has 1 aromatic carbocycles. The van der Waals surface area contributed by atoms with Gasteiger partial charge in [0.05, 0.1) is 18.4 Å². The first-order valence-electron chi connectivity index (χ1n) is 14.5. The minimum Gasteiger partial charge on any atom is -0.342 e. The van der Waals surface area contributed by atoms with Crippen molar-refractivity contribution in [2.75, 3.05) is 26.7 Å². The largest absolute Gasteiger partial charge is 0.342 e. The molecule has 0 radical (unpaired) electrons. The molecular weight excluding hydrogens is 496 g/mol. The molecule has 5 amide bonds. The molecule has 2 saturated heterocycles. The Kier molecular flexibility index (Phi) is 9.64. The summed E-state index contributed by atoms with van der Waals surface area (Å²) in [7, 11) is 1.59. The molecular formula is C30H44N4O5. The van der Waals surface area contributed by atoms with Crippen LogP contribution in [0.3, 0.4) is 0 Å². The van der Waals surface area contributed by atoms with Crippen molar-refractivity contribution >= 4 is 23.8 Å². The minimum atomic E-state index is -1.02. The van der Waals surface area contributed by atoms with E-state index in [1.54, 1.807) is 20.9 Å². The Morgan fingerprint density at radius 2 is 1.62 bits per heavy atom. The number of nitrogens with zero attached hydrogens (tertiary/aromatic N) is 3. The van der Waals surface area contributed by atoms with Gasteiger partial charge < -0.3 is 9.80 Å². The van der Waals surface area contributed by atoms with Crippen molar-refractivity contribution in [3.05, 3.63) is 35.9 Å². The number of benzene rings is 1. The Labute approximate surface area is 232 Å². The lowest BCUT2D eigenvalue weighted by atomic mass is 9.74. The molecule has 39 heavy (non-hydrogen) atoms. The molecule has 1 unspecified atom stereocenters. The molecule has 1 aliphatic carbocycles. The number of imide groups is 1. The molecule has 0 spiro atoms. The zero-order valence-electron chi connectivity index (χ0n) is 23.7. The van der Waals surface area contributed by atoms with Crippen LogP contribution in [0.4, 0.5) is 4.79 Å². The molecule has 4 rings (SSSR count). The SMILES string of the molecule is CN1C(=O)N(CC(C(=O)NOCc2ccccc2)[C@@H](CC2CCC2)C(=O)N2CCCCCCC2)C(=O)C1(C)C. The molecule has 1 saturated carbocycles. The first kappa shape index (κ1) is 29.1. The summed E-state index contributed by atoms with van der Waals surface area (Å²) in [6.45, 7) is 4.77. The van der Waals surface area contributed by atoms with Crippen LogP contribution in [0.15, 0.2) is 30.3 Å². The fourth-order valence-electron chi connectivity index (χ4n) is 5.80. The van der Waals surface area contributed by atoms with Crippen molar-refractivity contribution in [1.82, 2.24) is 20.2 Å². The Balaban J connectivity index is 1.58. The lowest BCUT2D eigenvalue weighted by Crippen LogP contribution is -2.51. The fourth-order valence-corrected chi connectivity index (χ4v) is 5.80. The van der Waals surface area contributed by atoms with E-state index in [0.717, 1.165) is 55.4 Å². The van der Waals surface area contributed by atoms with Gasteiger partial charge in [0.25, 0.3) is 5.91 Å². The van der Waals surface area contributed by atoms with Crippen molar-refractivity contribution in [2.45, 2.75) is 83.8 Å². The average molecular weight is 541 g/mol. The quantitative estimate of drug-likeness (QED) is 0.356. The molecule has 1 N–H and O–H groups in total. The molecule has 0 bridgehead atoms. The van der Waals surface area contributed by atoms with E-state index < -0.39 is 29.3 Å². The maximum absolute atomic E-state index is 14.1. The zero-order chi connectivity index (χ0) is 28.0. The van der Waals surface area contributed by atoms with Gasteiger partial charge in [0.15, 0.2) is 0 Å². The molecule has 3 fully saturated rings. The first-order chi connectivity index (χ1) is 18.7. The van der Waals surface area contributed by atoms with Gasteiger partial charge in [-0.05, 0) is 44.6 Å². The van der Waals surface area contributed by atoms with Crippen molar-refractivity contribution < 1.29 is 24.0 Å². The number of carbonyl (C=O) groups excluding carboxylic acids is 4. The van der Waals surface area contributed by atoms with Crippen molar-refractivity contribution in [3.63, 3.8) is 0 Å². The van der Waals surface area contributed by atoms with Crippen LogP contribution >= 0.6 is 0 Å². The summed E-state index contributed by atoms with van der Waals surface area (Å²) in [6, 6.07) is 9.03. The third-order valence-corrected chi connectivity index (χ3v) is 8.88. The summed E-state index contributed by atoms with van der Waals surface area (Å²) >= 11 is 0. The predicted molar refractivity (Wildman–Crippen MR) is 147 cm³/mol. The third-order valence-electron chi connectivity index (χ3n) is 8.88.